The molecule has 6 nitrogen and oxygen atoms in total. The Labute approximate surface area is 124 Å². The van der Waals surface area contributed by atoms with E-state index in [4.69, 9.17) is 0 Å². The molecule has 0 spiro atoms. The molecule has 21 heavy (non-hydrogen) atoms. The Hall–Kier alpha value is -2.11. The fraction of sp³-hybridized carbons (Fsp3) is 0.533. The zero-order valence-corrected chi connectivity index (χ0v) is 12.6. The maximum absolute atomic E-state index is 12.7. The van der Waals surface area contributed by atoms with Crippen molar-refractivity contribution in [3.8, 4) is 0 Å². The zero-order valence-electron chi connectivity index (χ0n) is 12.6. The summed E-state index contributed by atoms with van der Waals surface area (Å²) in [4.78, 5) is 14.7. The number of aromatic nitrogens is 4. The molecule has 0 bridgehead atoms. The maximum Gasteiger partial charge on any atom is 0.272 e. The van der Waals surface area contributed by atoms with Crippen molar-refractivity contribution in [2.24, 2.45) is 7.05 Å². The Balaban J connectivity index is 1.78. The van der Waals surface area contributed by atoms with Crippen LogP contribution in [0.4, 0.5) is 0 Å². The molecule has 2 aromatic rings. The normalized spacial score (nSPS) is 19.0. The maximum atomic E-state index is 12.7. The van der Waals surface area contributed by atoms with Crippen LogP contribution in [0.15, 0.2) is 24.7 Å². The molecule has 0 unspecified atom stereocenters. The Kier molecular flexibility index (Phi) is 3.77. The molecule has 2 aromatic heterocycles. The first kappa shape index (κ1) is 13.9. The predicted octanol–water partition coefficient (Wildman–Crippen LogP) is 1.62. The van der Waals surface area contributed by atoms with Gasteiger partial charge in [-0.1, -0.05) is 0 Å². The van der Waals surface area contributed by atoms with Gasteiger partial charge in [0.1, 0.15) is 5.69 Å². The van der Waals surface area contributed by atoms with Crippen LogP contribution in [0.2, 0.25) is 0 Å². The summed E-state index contributed by atoms with van der Waals surface area (Å²) in [6.45, 7) is 3.61. The van der Waals surface area contributed by atoms with E-state index in [9.17, 15) is 4.79 Å². The highest BCUT2D eigenvalue weighted by atomic mass is 16.2. The van der Waals surface area contributed by atoms with E-state index in [1.807, 2.05) is 35.9 Å². The van der Waals surface area contributed by atoms with Crippen molar-refractivity contribution < 1.29 is 4.79 Å². The van der Waals surface area contributed by atoms with Crippen molar-refractivity contribution in [3.05, 3.63) is 35.9 Å². The molecule has 3 heterocycles. The van der Waals surface area contributed by atoms with Gasteiger partial charge in [-0.25, -0.2) is 0 Å². The van der Waals surface area contributed by atoms with E-state index in [0.29, 0.717) is 5.69 Å². The highest BCUT2D eigenvalue weighted by Crippen LogP contribution is 2.21. The third-order valence-electron chi connectivity index (χ3n) is 4.09. The summed E-state index contributed by atoms with van der Waals surface area (Å²) >= 11 is 0. The Morgan fingerprint density at radius 3 is 2.90 bits per heavy atom. The van der Waals surface area contributed by atoms with Crippen molar-refractivity contribution in [1.82, 2.24) is 24.5 Å². The number of piperidine rings is 1. The smallest absolute Gasteiger partial charge is 0.272 e. The Morgan fingerprint density at radius 2 is 2.24 bits per heavy atom. The van der Waals surface area contributed by atoms with E-state index in [1.165, 1.54) is 6.42 Å². The van der Waals surface area contributed by atoms with E-state index in [1.54, 1.807) is 16.9 Å². The molecule has 3 rings (SSSR count). The molecule has 0 radical (unpaired) electrons. The molecule has 112 valence electrons. The van der Waals surface area contributed by atoms with Crippen molar-refractivity contribution in [2.45, 2.75) is 38.8 Å². The highest BCUT2D eigenvalue weighted by Gasteiger charge is 2.29. The number of carbonyl (C=O) groups is 1. The summed E-state index contributed by atoms with van der Waals surface area (Å²) < 4.78 is 3.58. The van der Waals surface area contributed by atoms with Gasteiger partial charge in [-0.3, -0.25) is 14.2 Å². The van der Waals surface area contributed by atoms with Gasteiger partial charge in [-0.15, -0.1) is 0 Å². The van der Waals surface area contributed by atoms with E-state index in [-0.39, 0.29) is 11.9 Å². The van der Waals surface area contributed by atoms with Crippen LogP contribution in [0.3, 0.4) is 0 Å². The van der Waals surface area contributed by atoms with Gasteiger partial charge < -0.3 is 4.90 Å². The van der Waals surface area contributed by atoms with Crippen molar-refractivity contribution >= 4 is 5.91 Å². The lowest BCUT2D eigenvalue weighted by atomic mass is 10.0. The molecule has 0 N–H and O–H groups in total. The van der Waals surface area contributed by atoms with Gasteiger partial charge in [0.25, 0.3) is 5.91 Å². The molecule has 0 saturated carbocycles. The minimum atomic E-state index is 0.0728. The summed E-state index contributed by atoms with van der Waals surface area (Å²) in [6.07, 6.45) is 8.82. The number of rotatable bonds is 3. The third-order valence-corrected chi connectivity index (χ3v) is 4.09. The van der Waals surface area contributed by atoms with Crippen molar-refractivity contribution in [2.75, 3.05) is 6.54 Å². The van der Waals surface area contributed by atoms with Crippen LogP contribution in [-0.2, 0) is 13.6 Å². The number of carbonyl (C=O) groups excluding carboxylic acids is 1. The number of hydrogen-bond acceptors (Lipinski definition) is 3. The summed E-state index contributed by atoms with van der Waals surface area (Å²) in [5.41, 5.74) is 1.80. The quantitative estimate of drug-likeness (QED) is 0.862. The minimum Gasteiger partial charge on any atom is -0.332 e. The lowest BCUT2D eigenvalue weighted by Crippen LogP contribution is -2.46. The van der Waals surface area contributed by atoms with Crippen LogP contribution in [0.5, 0.6) is 0 Å². The van der Waals surface area contributed by atoms with Gasteiger partial charge in [0.15, 0.2) is 0 Å². The summed E-state index contributed by atoms with van der Waals surface area (Å²) in [7, 11) is 1.81. The standard InChI is InChI=1S/C15H21N5O/c1-12-9-17-19(10-12)11-13-5-3-4-8-20(13)15(21)14-6-7-16-18(14)2/h6-7,9-10,13H,3-5,8,11H2,1-2H3/t13-/m1/s1. The van der Waals surface area contributed by atoms with Crippen LogP contribution in [0.1, 0.15) is 35.3 Å². The van der Waals surface area contributed by atoms with Gasteiger partial charge >= 0.3 is 0 Å². The first-order chi connectivity index (χ1) is 10.1. The number of likely N-dealkylation sites (tertiary alicyclic amines) is 1. The van der Waals surface area contributed by atoms with Gasteiger partial charge in [-0.2, -0.15) is 10.2 Å². The predicted molar refractivity (Wildman–Crippen MR) is 78.8 cm³/mol. The van der Waals surface area contributed by atoms with Gasteiger partial charge in [-0.05, 0) is 37.8 Å². The fourth-order valence-electron chi connectivity index (χ4n) is 2.97. The SMILES string of the molecule is Cc1cnn(C[C@H]2CCCCN2C(=O)c2ccnn2C)c1. The number of aryl methyl sites for hydroxylation is 2. The van der Waals surface area contributed by atoms with Crippen LogP contribution in [0, 0.1) is 6.92 Å². The van der Waals surface area contributed by atoms with Gasteiger partial charge in [0, 0.05) is 26.0 Å². The van der Waals surface area contributed by atoms with E-state index in [2.05, 4.69) is 10.2 Å². The van der Waals surface area contributed by atoms with E-state index in [0.717, 1.165) is 31.5 Å². The molecule has 1 amide bonds. The largest absolute Gasteiger partial charge is 0.332 e. The minimum absolute atomic E-state index is 0.0728. The lowest BCUT2D eigenvalue weighted by molar-refractivity contribution is 0.0572. The summed E-state index contributed by atoms with van der Waals surface area (Å²) in [5.74, 6) is 0.0728. The average Bonchev–Trinajstić information content (AvgIpc) is 3.07. The van der Waals surface area contributed by atoms with Crippen LogP contribution < -0.4 is 0 Å². The summed E-state index contributed by atoms with van der Waals surface area (Å²) in [6, 6.07) is 1.99. The molecule has 1 aliphatic rings. The molecule has 1 fully saturated rings. The second kappa shape index (κ2) is 5.71. The second-order valence-electron chi connectivity index (χ2n) is 5.73. The average molecular weight is 287 g/mol. The van der Waals surface area contributed by atoms with Gasteiger partial charge in [0.05, 0.1) is 18.8 Å². The Bertz CT molecular complexity index is 630. The third kappa shape index (κ3) is 2.84. The van der Waals surface area contributed by atoms with E-state index >= 15 is 0 Å². The second-order valence-corrected chi connectivity index (χ2v) is 5.73. The first-order valence-corrected chi connectivity index (χ1v) is 7.43. The number of nitrogens with zero attached hydrogens (tertiary/aromatic N) is 5. The Morgan fingerprint density at radius 1 is 1.38 bits per heavy atom. The number of amides is 1. The van der Waals surface area contributed by atoms with Crippen LogP contribution in [0.25, 0.3) is 0 Å². The molecule has 1 atom stereocenters. The summed E-state index contributed by atoms with van der Waals surface area (Å²) in [5, 5.41) is 8.44. The molecular weight excluding hydrogens is 266 g/mol. The molecule has 0 aromatic carbocycles. The number of hydrogen-bond donors (Lipinski definition) is 0. The van der Waals surface area contributed by atoms with Crippen LogP contribution >= 0.6 is 0 Å². The van der Waals surface area contributed by atoms with E-state index < -0.39 is 0 Å². The lowest BCUT2D eigenvalue weighted by Gasteiger charge is -2.35. The molecule has 6 heteroatoms. The van der Waals surface area contributed by atoms with Crippen LogP contribution in [-0.4, -0.2) is 43.0 Å². The zero-order chi connectivity index (χ0) is 14.8. The molecule has 1 aliphatic heterocycles. The monoisotopic (exact) mass is 287 g/mol. The van der Waals surface area contributed by atoms with Gasteiger partial charge in [0.2, 0.25) is 0 Å². The molecule has 0 aliphatic carbocycles. The topological polar surface area (TPSA) is 56.0 Å². The molecular formula is C15H21N5O. The fourth-order valence-corrected chi connectivity index (χ4v) is 2.97. The highest BCUT2D eigenvalue weighted by molar-refractivity contribution is 5.92. The van der Waals surface area contributed by atoms with Crippen molar-refractivity contribution in [1.29, 1.82) is 0 Å². The van der Waals surface area contributed by atoms with Crippen molar-refractivity contribution in [3.63, 3.8) is 0 Å². The first-order valence-electron chi connectivity index (χ1n) is 7.43. The molecule has 1 saturated heterocycles.